The number of hydrogen-bond acceptors (Lipinski definition) is 4. The third-order valence-corrected chi connectivity index (χ3v) is 5.84. The van der Waals surface area contributed by atoms with Gasteiger partial charge in [-0.3, -0.25) is 4.79 Å². The number of piperazine rings is 1. The van der Waals surface area contributed by atoms with Crippen LogP contribution in [0, 0.1) is 6.92 Å². The van der Waals surface area contributed by atoms with Crippen LogP contribution in [0.4, 0.5) is 0 Å². The maximum Gasteiger partial charge on any atom is 0.281 e. The molecule has 1 saturated heterocycles. The largest absolute Gasteiger partial charge is 0.496 e. The molecule has 1 heterocycles. The topological polar surface area (TPSA) is 70.2 Å². The Morgan fingerprint density at radius 3 is 2.30 bits per heavy atom. The molecule has 1 fully saturated rings. The average Bonchev–Trinajstić information content (AvgIpc) is 2.54. The Kier molecular flexibility index (Phi) is 5.28. The number of nitrogens with zero attached hydrogens (tertiary/aromatic N) is 3. The zero-order chi connectivity index (χ0) is 17.2. The molecule has 8 heteroatoms. The van der Waals surface area contributed by atoms with E-state index in [0.717, 1.165) is 5.56 Å². The summed E-state index contributed by atoms with van der Waals surface area (Å²) in [7, 11) is 1.11. The molecule has 1 aromatic rings. The Hall–Kier alpha value is -1.64. The van der Waals surface area contributed by atoms with E-state index in [1.165, 1.54) is 29.8 Å². The van der Waals surface area contributed by atoms with Crippen LogP contribution in [-0.4, -0.2) is 75.2 Å². The maximum absolute atomic E-state index is 12.7. The second kappa shape index (κ2) is 6.86. The molecule has 0 aromatic heterocycles. The Bertz CT molecular complexity index is 680. The van der Waals surface area contributed by atoms with Gasteiger partial charge in [0.05, 0.1) is 12.7 Å². The van der Waals surface area contributed by atoms with Crippen molar-refractivity contribution in [1.29, 1.82) is 0 Å². The molecule has 1 amide bonds. The van der Waals surface area contributed by atoms with Crippen LogP contribution in [0.15, 0.2) is 18.2 Å². The van der Waals surface area contributed by atoms with E-state index in [4.69, 9.17) is 4.74 Å². The van der Waals surface area contributed by atoms with Crippen molar-refractivity contribution < 1.29 is 17.9 Å². The maximum atomic E-state index is 12.7. The molecule has 1 aromatic carbocycles. The van der Waals surface area contributed by atoms with Crippen LogP contribution in [-0.2, 0) is 10.2 Å². The highest BCUT2D eigenvalue weighted by Gasteiger charge is 2.31. The lowest BCUT2D eigenvalue weighted by Gasteiger charge is -2.35. The zero-order valence-corrected chi connectivity index (χ0v) is 14.8. The van der Waals surface area contributed by atoms with Crippen molar-refractivity contribution in [3.63, 3.8) is 0 Å². The van der Waals surface area contributed by atoms with Crippen LogP contribution in [0.2, 0.25) is 0 Å². The molecule has 1 aliphatic rings. The second-order valence-corrected chi connectivity index (χ2v) is 7.83. The summed E-state index contributed by atoms with van der Waals surface area (Å²) < 4.78 is 32.1. The number of carbonyl (C=O) groups excluding carboxylic acids is 1. The molecular formula is C15H23N3O4S. The first-order valence-electron chi connectivity index (χ1n) is 7.39. The third-order valence-electron chi connectivity index (χ3n) is 3.90. The first kappa shape index (κ1) is 17.7. The standard InChI is InChI=1S/C15H23N3O4S/c1-12-5-6-14(22-4)13(11-12)15(19)17-7-9-18(10-8-17)23(20,21)16(2)3/h5-6,11H,7-10H2,1-4H3. The summed E-state index contributed by atoms with van der Waals surface area (Å²) in [4.78, 5) is 14.4. The molecule has 0 aliphatic carbocycles. The minimum absolute atomic E-state index is 0.132. The average molecular weight is 341 g/mol. The van der Waals surface area contributed by atoms with Crippen molar-refractivity contribution in [2.45, 2.75) is 6.92 Å². The van der Waals surface area contributed by atoms with E-state index >= 15 is 0 Å². The predicted octanol–water partition coefficient (Wildman–Crippen LogP) is 0.568. The quantitative estimate of drug-likeness (QED) is 0.803. The Morgan fingerprint density at radius 1 is 1.17 bits per heavy atom. The smallest absolute Gasteiger partial charge is 0.281 e. The Labute approximate surface area is 137 Å². The monoisotopic (exact) mass is 341 g/mol. The van der Waals surface area contributed by atoms with E-state index in [1.54, 1.807) is 17.0 Å². The molecule has 7 nitrogen and oxygen atoms in total. The highest BCUT2D eigenvalue weighted by atomic mass is 32.2. The minimum atomic E-state index is -3.43. The van der Waals surface area contributed by atoms with Crippen LogP contribution in [0.5, 0.6) is 5.75 Å². The summed E-state index contributed by atoms with van der Waals surface area (Å²) in [5, 5.41) is 0. The van der Waals surface area contributed by atoms with Crippen LogP contribution < -0.4 is 4.74 Å². The van der Waals surface area contributed by atoms with Gasteiger partial charge < -0.3 is 9.64 Å². The van der Waals surface area contributed by atoms with Gasteiger partial charge in [0.25, 0.3) is 16.1 Å². The number of carbonyl (C=O) groups is 1. The summed E-state index contributed by atoms with van der Waals surface area (Å²) in [6.07, 6.45) is 0. The molecule has 0 spiro atoms. The lowest BCUT2D eigenvalue weighted by molar-refractivity contribution is 0.0691. The predicted molar refractivity (Wildman–Crippen MR) is 87.8 cm³/mol. The highest BCUT2D eigenvalue weighted by Crippen LogP contribution is 2.22. The van der Waals surface area contributed by atoms with E-state index in [9.17, 15) is 13.2 Å². The summed E-state index contributed by atoms with van der Waals surface area (Å²) in [5.41, 5.74) is 1.49. The molecule has 0 N–H and O–H groups in total. The number of rotatable bonds is 4. The lowest BCUT2D eigenvalue weighted by atomic mass is 10.1. The van der Waals surface area contributed by atoms with E-state index in [2.05, 4.69) is 0 Å². The van der Waals surface area contributed by atoms with Gasteiger partial charge in [0.1, 0.15) is 5.75 Å². The molecule has 0 unspecified atom stereocenters. The fourth-order valence-corrected chi connectivity index (χ4v) is 3.60. The van der Waals surface area contributed by atoms with E-state index in [0.29, 0.717) is 37.5 Å². The van der Waals surface area contributed by atoms with Gasteiger partial charge in [-0.05, 0) is 19.1 Å². The number of ether oxygens (including phenoxy) is 1. The fourth-order valence-electron chi connectivity index (χ4n) is 2.51. The van der Waals surface area contributed by atoms with Gasteiger partial charge >= 0.3 is 0 Å². The molecule has 2 rings (SSSR count). The first-order valence-corrected chi connectivity index (χ1v) is 8.78. The number of benzene rings is 1. The van der Waals surface area contributed by atoms with Crippen molar-refractivity contribution in [2.75, 3.05) is 47.4 Å². The number of aryl methyl sites for hydroxylation is 1. The van der Waals surface area contributed by atoms with Crippen LogP contribution >= 0.6 is 0 Å². The molecule has 0 bridgehead atoms. The normalized spacial score (nSPS) is 16.7. The molecule has 0 atom stereocenters. The van der Waals surface area contributed by atoms with Gasteiger partial charge in [-0.25, -0.2) is 0 Å². The summed E-state index contributed by atoms with van der Waals surface area (Å²) >= 11 is 0. The minimum Gasteiger partial charge on any atom is -0.496 e. The van der Waals surface area contributed by atoms with Crippen LogP contribution in [0.3, 0.4) is 0 Å². The Morgan fingerprint density at radius 2 is 1.78 bits per heavy atom. The molecule has 23 heavy (non-hydrogen) atoms. The van der Waals surface area contributed by atoms with E-state index < -0.39 is 10.2 Å². The fraction of sp³-hybridized carbons (Fsp3) is 0.533. The SMILES string of the molecule is COc1ccc(C)cc1C(=O)N1CCN(S(=O)(=O)N(C)C)CC1. The third kappa shape index (κ3) is 3.65. The molecule has 1 aliphatic heterocycles. The van der Waals surface area contributed by atoms with Crippen LogP contribution in [0.25, 0.3) is 0 Å². The van der Waals surface area contributed by atoms with Gasteiger partial charge in [0, 0.05) is 40.3 Å². The second-order valence-electron chi connectivity index (χ2n) is 5.69. The van der Waals surface area contributed by atoms with Gasteiger partial charge in [0.15, 0.2) is 0 Å². The number of amides is 1. The van der Waals surface area contributed by atoms with Gasteiger partial charge in [0.2, 0.25) is 0 Å². The van der Waals surface area contributed by atoms with E-state index in [1.807, 2.05) is 13.0 Å². The zero-order valence-electron chi connectivity index (χ0n) is 13.9. The number of hydrogen-bond donors (Lipinski definition) is 0. The lowest BCUT2D eigenvalue weighted by Crippen LogP contribution is -2.53. The summed E-state index contributed by atoms with van der Waals surface area (Å²) in [6, 6.07) is 5.45. The molecule has 0 radical (unpaired) electrons. The molecule has 0 saturated carbocycles. The highest BCUT2D eigenvalue weighted by molar-refractivity contribution is 7.86. The van der Waals surface area contributed by atoms with E-state index in [-0.39, 0.29) is 5.91 Å². The van der Waals surface area contributed by atoms with Crippen molar-refractivity contribution >= 4 is 16.1 Å². The number of methoxy groups -OCH3 is 1. The van der Waals surface area contributed by atoms with Crippen molar-refractivity contribution in [3.8, 4) is 5.75 Å². The van der Waals surface area contributed by atoms with Gasteiger partial charge in [-0.1, -0.05) is 11.6 Å². The molecular weight excluding hydrogens is 318 g/mol. The van der Waals surface area contributed by atoms with Crippen molar-refractivity contribution in [1.82, 2.24) is 13.5 Å². The van der Waals surface area contributed by atoms with Gasteiger partial charge in [-0.2, -0.15) is 17.0 Å². The Balaban J connectivity index is 2.12. The van der Waals surface area contributed by atoms with Crippen LogP contribution in [0.1, 0.15) is 15.9 Å². The van der Waals surface area contributed by atoms with Crippen molar-refractivity contribution in [2.24, 2.45) is 0 Å². The summed E-state index contributed by atoms with van der Waals surface area (Å²) in [6.45, 7) is 3.23. The van der Waals surface area contributed by atoms with Crippen molar-refractivity contribution in [3.05, 3.63) is 29.3 Å². The summed E-state index contributed by atoms with van der Waals surface area (Å²) in [5.74, 6) is 0.399. The first-order chi connectivity index (χ1) is 10.8. The van der Waals surface area contributed by atoms with Gasteiger partial charge in [-0.15, -0.1) is 0 Å². The molecule has 128 valence electrons.